The van der Waals surface area contributed by atoms with Crippen molar-refractivity contribution in [3.05, 3.63) is 35.8 Å². The third kappa shape index (κ3) is 1.42. The van der Waals surface area contributed by atoms with Crippen LogP contribution in [-0.4, -0.2) is 11.5 Å². The normalized spacial score (nSPS) is 10.9. The van der Waals surface area contributed by atoms with Crippen LogP contribution in [0.4, 0.5) is 4.39 Å². The van der Waals surface area contributed by atoms with Gasteiger partial charge in [0, 0.05) is 11.7 Å². The number of aromatic amines is 1. The molecule has 0 atom stereocenters. The van der Waals surface area contributed by atoms with E-state index in [1.54, 1.807) is 6.20 Å². The zero-order chi connectivity index (χ0) is 9.26. The minimum absolute atomic E-state index is 0.180. The van der Waals surface area contributed by atoms with Gasteiger partial charge in [0.2, 0.25) is 0 Å². The number of benzene rings is 1. The number of nitrogens with one attached hydrogen (secondary N) is 1. The molecular weight excluding hydrogens is 167 g/mol. The van der Waals surface area contributed by atoms with E-state index in [-0.39, 0.29) is 5.82 Å². The van der Waals surface area contributed by atoms with Gasteiger partial charge in [-0.25, -0.2) is 4.39 Å². The van der Waals surface area contributed by atoms with E-state index in [4.69, 9.17) is 5.73 Å². The molecule has 2 aromatic rings. The van der Waals surface area contributed by atoms with E-state index in [2.05, 4.69) is 4.98 Å². The number of H-pyrrole nitrogens is 1. The Labute approximate surface area is 75.6 Å². The van der Waals surface area contributed by atoms with Gasteiger partial charge in [0.1, 0.15) is 5.82 Å². The van der Waals surface area contributed by atoms with E-state index in [0.29, 0.717) is 18.5 Å². The Morgan fingerprint density at radius 3 is 3.00 bits per heavy atom. The molecule has 2 nitrogen and oxygen atoms in total. The van der Waals surface area contributed by atoms with Crippen LogP contribution in [-0.2, 0) is 6.42 Å². The fourth-order valence-corrected chi connectivity index (χ4v) is 1.47. The summed E-state index contributed by atoms with van der Waals surface area (Å²) < 4.78 is 13.3. The lowest BCUT2D eigenvalue weighted by molar-refractivity contribution is 0.611. The van der Waals surface area contributed by atoms with Crippen molar-refractivity contribution in [3.63, 3.8) is 0 Å². The Kier molecular flexibility index (Phi) is 2.02. The molecule has 68 valence electrons. The zero-order valence-electron chi connectivity index (χ0n) is 7.18. The van der Waals surface area contributed by atoms with E-state index in [0.717, 1.165) is 10.9 Å². The minimum atomic E-state index is -0.180. The van der Waals surface area contributed by atoms with Crippen molar-refractivity contribution in [2.24, 2.45) is 5.73 Å². The summed E-state index contributed by atoms with van der Waals surface area (Å²) in [6.45, 7) is 0.479. The van der Waals surface area contributed by atoms with Crippen molar-refractivity contribution in [2.75, 3.05) is 6.54 Å². The standard InChI is InChI=1S/C10H11FN2/c11-9-6-10-8(2-4-13-10)5-7(9)1-3-12/h2,4-6,13H,1,3,12H2. The molecule has 2 rings (SSSR count). The summed E-state index contributed by atoms with van der Waals surface area (Å²) in [6, 6.07) is 5.28. The van der Waals surface area contributed by atoms with Gasteiger partial charge in [0.05, 0.1) is 0 Å². The first kappa shape index (κ1) is 8.26. The van der Waals surface area contributed by atoms with E-state index >= 15 is 0 Å². The molecule has 0 radical (unpaired) electrons. The molecule has 3 heteroatoms. The fourth-order valence-electron chi connectivity index (χ4n) is 1.47. The Hall–Kier alpha value is -1.35. The number of aromatic nitrogens is 1. The average Bonchev–Trinajstić information content (AvgIpc) is 2.52. The van der Waals surface area contributed by atoms with E-state index < -0.39 is 0 Å². The number of rotatable bonds is 2. The number of fused-ring (bicyclic) bond motifs is 1. The van der Waals surface area contributed by atoms with Gasteiger partial charge >= 0.3 is 0 Å². The van der Waals surface area contributed by atoms with Crippen LogP contribution in [0, 0.1) is 5.82 Å². The fraction of sp³-hybridized carbons (Fsp3) is 0.200. The lowest BCUT2D eigenvalue weighted by Crippen LogP contribution is -2.04. The van der Waals surface area contributed by atoms with Crippen molar-refractivity contribution < 1.29 is 4.39 Å². The van der Waals surface area contributed by atoms with Gasteiger partial charge in [-0.2, -0.15) is 0 Å². The maximum absolute atomic E-state index is 13.3. The van der Waals surface area contributed by atoms with E-state index in [1.807, 2.05) is 12.1 Å². The number of hydrogen-bond acceptors (Lipinski definition) is 1. The van der Waals surface area contributed by atoms with Crippen LogP contribution in [0.5, 0.6) is 0 Å². The molecule has 0 aliphatic heterocycles. The second-order valence-corrected chi connectivity index (χ2v) is 3.05. The van der Waals surface area contributed by atoms with Crippen molar-refractivity contribution in [3.8, 4) is 0 Å². The van der Waals surface area contributed by atoms with Gasteiger partial charge in [-0.3, -0.25) is 0 Å². The number of hydrogen-bond donors (Lipinski definition) is 2. The molecule has 0 amide bonds. The summed E-state index contributed by atoms with van der Waals surface area (Å²) in [5.74, 6) is -0.180. The van der Waals surface area contributed by atoms with Crippen molar-refractivity contribution >= 4 is 10.9 Å². The molecule has 0 fully saturated rings. The highest BCUT2D eigenvalue weighted by molar-refractivity contribution is 5.80. The summed E-state index contributed by atoms with van der Waals surface area (Å²) in [5, 5.41) is 1.03. The highest BCUT2D eigenvalue weighted by Crippen LogP contribution is 2.17. The highest BCUT2D eigenvalue weighted by atomic mass is 19.1. The summed E-state index contributed by atoms with van der Waals surface area (Å²) in [7, 11) is 0. The average molecular weight is 178 g/mol. The van der Waals surface area contributed by atoms with Crippen LogP contribution >= 0.6 is 0 Å². The van der Waals surface area contributed by atoms with Crippen LogP contribution < -0.4 is 5.73 Å². The monoisotopic (exact) mass is 178 g/mol. The summed E-state index contributed by atoms with van der Waals surface area (Å²) in [4.78, 5) is 2.96. The van der Waals surface area contributed by atoms with Gasteiger partial charge in [0.25, 0.3) is 0 Å². The Balaban J connectivity index is 2.56. The Morgan fingerprint density at radius 2 is 2.23 bits per heavy atom. The first-order valence-corrected chi connectivity index (χ1v) is 4.27. The van der Waals surface area contributed by atoms with E-state index in [9.17, 15) is 4.39 Å². The lowest BCUT2D eigenvalue weighted by Gasteiger charge is -2.00. The second-order valence-electron chi connectivity index (χ2n) is 3.05. The summed E-state index contributed by atoms with van der Waals surface area (Å²) >= 11 is 0. The number of nitrogens with two attached hydrogens (primary N) is 1. The Bertz CT molecular complexity index is 420. The molecule has 0 saturated heterocycles. The highest BCUT2D eigenvalue weighted by Gasteiger charge is 2.03. The van der Waals surface area contributed by atoms with Gasteiger partial charge < -0.3 is 10.7 Å². The van der Waals surface area contributed by atoms with Crippen LogP contribution in [0.2, 0.25) is 0 Å². The van der Waals surface area contributed by atoms with Crippen molar-refractivity contribution in [1.29, 1.82) is 0 Å². The molecule has 0 bridgehead atoms. The van der Waals surface area contributed by atoms with Crippen LogP contribution in [0.15, 0.2) is 24.4 Å². The summed E-state index contributed by atoms with van der Waals surface area (Å²) in [5.41, 5.74) is 6.90. The predicted molar refractivity (Wildman–Crippen MR) is 51.0 cm³/mol. The molecule has 1 heterocycles. The summed E-state index contributed by atoms with van der Waals surface area (Å²) in [6.07, 6.45) is 2.39. The van der Waals surface area contributed by atoms with Crippen LogP contribution in [0.1, 0.15) is 5.56 Å². The molecule has 0 aliphatic rings. The quantitative estimate of drug-likeness (QED) is 0.723. The third-order valence-corrected chi connectivity index (χ3v) is 2.13. The first-order chi connectivity index (χ1) is 6.31. The van der Waals surface area contributed by atoms with Crippen molar-refractivity contribution in [2.45, 2.75) is 6.42 Å². The minimum Gasteiger partial charge on any atom is -0.361 e. The number of halogens is 1. The predicted octanol–water partition coefficient (Wildman–Crippen LogP) is 1.81. The molecule has 0 spiro atoms. The molecule has 3 N–H and O–H groups in total. The van der Waals surface area contributed by atoms with Crippen LogP contribution in [0.25, 0.3) is 10.9 Å². The first-order valence-electron chi connectivity index (χ1n) is 4.27. The van der Waals surface area contributed by atoms with Gasteiger partial charge in [-0.05, 0) is 42.1 Å². The maximum atomic E-state index is 13.3. The van der Waals surface area contributed by atoms with Gasteiger partial charge in [-0.1, -0.05) is 0 Å². The molecule has 0 saturated carbocycles. The Morgan fingerprint density at radius 1 is 1.38 bits per heavy atom. The van der Waals surface area contributed by atoms with E-state index in [1.165, 1.54) is 6.07 Å². The zero-order valence-corrected chi connectivity index (χ0v) is 7.18. The topological polar surface area (TPSA) is 41.8 Å². The largest absolute Gasteiger partial charge is 0.361 e. The maximum Gasteiger partial charge on any atom is 0.128 e. The van der Waals surface area contributed by atoms with Gasteiger partial charge in [-0.15, -0.1) is 0 Å². The molecule has 0 aliphatic carbocycles. The smallest absolute Gasteiger partial charge is 0.128 e. The molecule has 0 unspecified atom stereocenters. The second kappa shape index (κ2) is 3.18. The molecule has 13 heavy (non-hydrogen) atoms. The SMILES string of the molecule is NCCc1cc2cc[nH]c2cc1F. The molecular formula is C10H11FN2. The van der Waals surface area contributed by atoms with Crippen molar-refractivity contribution in [1.82, 2.24) is 4.98 Å². The van der Waals surface area contributed by atoms with Crippen LogP contribution in [0.3, 0.4) is 0 Å². The molecule has 1 aromatic heterocycles. The third-order valence-electron chi connectivity index (χ3n) is 2.13. The lowest BCUT2D eigenvalue weighted by atomic mass is 10.1. The molecule has 1 aromatic carbocycles. The van der Waals surface area contributed by atoms with Gasteiger partial charge in [0.15, 0.2) is 0 Å².